The van der Waals surface area contributed by atoms with E-state index in [9.17, 15) is 24.3 Å². The first-order valence-electron chi connectivity index (χ1n) is 8.56. The number of rotatable bonds is 10. The van der Waals surface area contributed by atoms with Crippen LogP contribution in [0.1, 0.15) is 19.4 Å². The van der Waals surface area contributed by atoms with Crippen LogP contribution in [0.4, 0.5) is 0 Å². The standard InChI is InChI=1S/C18H26N4O5/c1-11(2)16(19)17(25)21-9-14(23)20-10-15(24)22-13(18(26)27)8-12-6-4-3-5-7-12/h3-7,11,13,16H,8-10,19H2,1-2H3,(H,20,23)(H,21,25)(H,22,24)(H,26,27). The van der Waals surface area contributed by atoms with Gasteiger partial charge in [-0.05, 0) is 11.5 Å². The third-order valence-corrected chi connectivity index (χ3v) is 3.81. The fraction of sp³-hybridized carbons (Fsp3) is 0.444. The quantitative estimate of drug-likeness (QED) is 0.353. The molecule has 0 aliphatic rings. The Hall–Kier alpha value is -2.94. The molecule has 2 atom stereocenters. The van der Waals surface area contributed by atoms with Gasteiger partial charge in [-0.2, -0.15) is 0 Å². The van der Waals surface area contributed by atoms with Crippen molar-refractivity contribution in [2.45, 2.75) is 32.4 Å². The minimum absolute atomic E-state index is 0.0728. The summed E-state index contributed by atoms with van der Waals surface area (Å²) in [6.07, 6.45) is 0.124. The van der Waals surface area contributed by atoms with E-state index < -0.39 is 42.3 Å². The molecule has 1 aromatic rings. The van der Waals surface area contributed by atoms with Gasteiger partial charge in [-0.15, -0.1) is 0 Å². The lowest BCUT2D eigenvalue weighted by atomic mass is 10.1. The number of aliphatic carboxylic acids is 1. The zero-order valence-corrected chi connectivity index (χ0v) is 15.4. The predicted octanol–water partition coefficient (Wildman–Crippen LogP) is -0.986. The van der Waals surface area contributed by atoms with E-state index in [0.717, 1.165) is 5.56 Å². The maximum absolute atomic E-state index is 11.9. The molecule has 0 saturated carbocycles. The Balaban J connectivity index is 2.40. The molecular formula is C18H26N4O5. The summed E-state index contributed by atoms with van der Waals surface area (Å²) in [5, 5.41) is 16.3. The first-order chi connectivity index (χ1) is 12.7. The molecule has 0 spiro atoms. The van der Waals surface area contributed by atoms with E-state index in [-0.39, 0.29) is 18.9 Å². The number of hydrogen-bond acceptors (Lipinski definition) is 5. The van der Waals surface area contributed by atoms with Gasteiger partial charge in [0.2, 0.25) is 17.7 Å². The van der Waals surface area contributed by atoms with Crippen LogP contribution in [0.15, 0.2) is 30.3 Å². The van der Waals surface area contributed by atoms with Crippen molar-refractivity contribution in [3.63, 3.8) is 0 Å². The average molecular weight is 378 g/mol. The van der Waals surface area contributed by atoms with Gasteiger partial charge in [-0.3, -0.25) is 14.4 Å². The van der Waals surface area contributed by atoms with Crippen molar-refractivity contribution in [2.24, 2.45) is 11.7 Å². The van der Waals surface area contributed by atoms with E-state index in [2.05, 4.69) is 16.0 Å². The van der Waals surface area contributed by atoms with Gasteiger partial charge in [0, 0.05) is 6.42 Å². The molecular weight excluding hydrogens is 352 g/mol. The topological polar surface area (TPSA) is 151 Å². The fourth-order valence-corrected chi connectivity index (χ4v) is 2.12. The Bertz CT molecular complexity index is 663. The third-order valence-electron chi connectivity index (χ3n) is 3.81. The zero-order valence-electron chi connectivity index (χ0n) is 15.4. The smallest absolute Gasteiger partial charge is 0.326 e. The minimum atomic E-state index is -1.17. The van der Waals surface area contributed by atoms with Crippen molar-refractivity contribution in [1.82, 2.24) is 16.0 Å². The van der Waals surface area contributed by atoms with Crippen molar-refractivity contribution in [3.8, 4) is 0 Å². The molecule has 2 unspecified atom stereocenters. The lowest BCUT2D eigenvalue weighted by Gasteiger charge is -2.16. The molecule has 9 nitrogen and oxygen atoms in total. The number of amides is 3. The van der Waals surface area contributed by atoms with E-state index in [1.54, 1.807) is 44.2 Å². The number of nitrogens with two attached hydrogens (primary N) is 1. The molecule has 1 rings (SSSR count). The molecule has 0 aromatic heterocycles. The van der Waals surface area contributed by atoms with E-state index in [1.807, 2.05) is 0 Å². The average Bonchev–Trinajstić information content (AvgIpc) is 2.63. The first-order valence-corrected chi connectivity index (χ1v) is 8.56. The van der Waals surface area contributed by atoms with E-state index in [0.29, 0.717) is 0 Å². The van der Waals surface area contributed by atoms with Crippen LogP contribution in [-0.4, -0.2) is 54.0 Å². The van der Waals surface area contributed by atoms with Crippen molar-refractivity contribution in [2.75, 3.05) is 13.1 Å². The van der Waals surface area contributed by atoms with Crippen molar-refractivity contribution < 1.29 is 24.3 Å². The Kier molecular flexibility index (Phi) is 8.94. The summed E-state index contributed by atoms with van der Waals surface area (Å²) in [6, 6.07) is 7.03. The molecule has 1 aromatic carbocycles. The monoisotopic (exact) mass is 378 g/mol. The maximum Gasteiger partial charge on any atom is 0.326 e. The van der Waals surface area contributed by atoms with Gasteiger partial charge in [0.25, 0.3) is 0 Å². The fourth-order valence-electron chi connectivity index (χ4n) is 2.12. The highest BCUT2D eigenvalue weighted by Gasteiger charge is 2.21. The molecule has 6 N–H and O–H groups in total. The molecule has 0 radical (unpaired) electrons. The number of carboxylic acids is 1. The normalized spacial score (nSPS) is 12.7. The van der Waals surface area contributed by atoms with Crippen LogP contribution in [0.2, 0.25) is 0 Å². The molecule has 0 fully saturated rings. The lowest BCUT2D eigenvalue weighted by Crippen LogP contribution is -2.49. The van der Waals surface area contributed by atoms with Crippen LogP contribution < -0.4 is 21.7 Å². The second-order valence-corrected chi connectivity index (χ2v) is 6.41. The summed E-state index contributed by atoms with van der Waals surface area (Å²) < 4.78 is 0. The number of carbonyl (C=O) groups is 4. The SMILES string of the molecule is CC(C)C(N)C(=O)NCC(=O)NCC(=O)NC(Cc1ccccc1)C(=O)O. The minimum Gasteiger partial charge on any atom is -0.480 e. The highest BCUT2D eigenvalue weighted by atomic mass is 16.4. The van der Waals surface area contributed by atoms with Crippen LogP contribution in [0.3, 0.4) is 0 Å². The third kappa shape index (κ3) is 8.32. The Morgan fingerprint density at radius 3 is 2.15 bits per heavy atom. The Morgan fingerprint density at radius 2 is 1.59 bits per heavy atom. The van der Waals surface area contributed by atoms with Crippen molar-refractivity contribution in [1.29, 1.82) is 0 Å². The van der Waals surface area contributed by atoms with Crippen LogP contribution in [-0.2, 0) is 25.6 Å². The van der Waals surface area contributed by atoms with Gasteiger partial charge in [-0.1, -0.05) is 44.2 Å². The second kappa shape index (κ2) is 10.9. The number of hydrogen-bond donors (Lipinski definition) is 5. The number of benzene rings is 1. The summed E-state index contributed by atoms with van der Waals surface area (Å²) >= 11 is 0. The first kappa shape index (κ1) is 22.1. The summed E-state index contributed by atoms with van der Waals surface area (Å²) in [4.78, 5) is 46.6. The van der Waals surface area contributed by atoms with Crippen molar-refractivity contribution in [3.05, 3.63) is 35.9 Å². The van der Waals surface area contributed by atoms with Crippen LogP contribution in [0, 0.1) is 5.92 Å². The molecule has 148 valence electrons. The molecule has 0 heterocycles. The number of carboxylic acid groups (broad SMARTS) is 1. The highest BCUT2D eigenvalue weighted by Crippen LogP contribution is 2.03. The summed E-state index contributed by atoms with van der Waals surface area (Å²) in [5.74, 6) is -2.93. The van der Waals surface area contributed by atoms with Crippen LogP contribution >= 0.6 is 0 Å². The molecule has 0 aliphatic carbocycles. The molecule has 3 amide bonds. The summed E-state index contributed by atoms with van der Waals surface area (Å²) in [5.41, 5.74) is 6.41. The van der Waals surface area contributed by atoms with Gasteiger partial charge >= 0.3 is 5.97 Å². The highest BCUT2D eigenvalue weighted by molar-refractivity contribution is 5.90. The summed E-state index contributed by atoms with van der Waals surface area (Å²) in [6.45, 7) is 2.84. The number of nitrogens with one attached hydrogen (secondary N) is 3. The van der Waals surface area contributed by atoms with Gasteiger partial charge in [0.05, 0.1) is 19.1 Å². The molecule has 0 saturated heterocycles. The molecule has 27 heavy (non-hydrogen) atoms. The zero-order chi connectivity index (χ0) is 20.4. The molecule has 9 heteroatoms. The Morgan fingerprint density at radius 1 is 1.00 bits per heavy atom. The van der Waals surface area contributed by atoms with Crippen molar-refractivity contribution >= 4 is 23.7 Å². The Labute approximate surface area is 157 Å². The summed E-state index contributed by atoms with van der Waals surface area (Å²) in [7, 11) is 0. The molecule has 0 bridgehead atoms. The largest absolute Gasteiger partial charge is 0.480 e. The molecule has 0 aliphatic heterocycles. The van der Waals surface area contributed by atoms with E-state index in [1.165, 1.54) is 0 Å². The van der Waals surface area contributed by atoms with Gasteiger partial charge < -0.3 is 26.8 Å². The van der Waals surface area contributed by atoms with Gasteiger partial charge in [0.15, 0.2) is 0 Å². The predicted molar refractivity (Wildman–Crippen MR) is 98.5 cm³/mol. The van der Waals surface area contributed by atoms with Gasteiger partial charge in [0.1, 0.15) is 6.04 Å². The van der Waals surface area contributed by atoms with Crippen LogP contribution in [0.5, 0.6) is 0 Å². The lowest BCUT2D eigenvalue weighted by molar-refractivity contribution is -0.141. The van der Waals surface area contributed by atoms with E-state index >= 15 is 0 Å². The van der Waals surface area contributed by atoms with E-state index in [4.69, 9.17) is 5.73 Å². The second-order valence-electron chi connectivity index (χ2n) is 6.41. The maximum atomic E-state index is 11.9. The van der Waals surface area contributed by atoms with Gasteiger partial charge in [-0.25, -0.2) is 4.79 Å². The van der Waals surface area contributed by atoms with Crippen LogP contribution in [0.25, 0.3) is 0 Å². The number of carbonyl (C=O) groups excluding carboxylic acids is 3.